The summed E-state index contributed by atoms with van der Waals surface area (Å²) in [4.78, 5) is 22.2. The molecule has 0 saturated carbocycles. The standard InChI is InChI=1S/C24H21N3O/c1-16-10-12-18(13-11-16)23-15-20(19-7-3-4-9-22(19)27-23)24(28)26-17(2)21-8-5-6-14-25-21/h3-15,17H,1-2H3,(H,26,28). The normalized spacial score (nSPS) is 11.9. The van der Waals surface area contributed by atoms with Crippen molar-refractivity contribution in [3.63, 3.8) is 0 Å². The molecule has 0 aliphatic heterocycles. The fourth-order valence-electron chi connectivity index (χ4n) is 3.22. The molecule has 138 valence electrons. The van der Waals surface area contributed by atoms with Crippen molar-refractivity contribution in [2.75, 3.05) is 0 Å². The van der Waals surface area contributed by atoms with Gasteiger partial charge in [0.15, 0.2) is 0 Å². The van der Waals surface area contributed by atoms with Crippen LogP contribution in [0, 0.1) is 6.92 Å². The van der Waals surface area contributed by atoms with Gasteiger partial charge in [-0.15, -0.1) is 0 Å². The van der Waals surface area contributed by atoms with E-state index < -0.39 is 0 Å². The minimum atomic E-state index is -0.191. The molecule has 2 aromatic carbocycles. The van der Waals surface area contributed by atoms with Gasteiger partial charge in [-0.2, -0.15) is 0 Å². The van der Waals surface area contributed by atoms with Crippen LogP contribution in [0.1, 0.15) is 34.6 Å². The van der Waals surface area contributed by atoms with Gasteiger partial charge < -0.3 is 5.32 Å². The summed E-state index contributed by atoms with van der Waals surface area (Å²) in [6.07, 6.45) is 1.73. The Labute approximate surface area is 164 Å². The first-order valence-corrected chi connectivity index (χ1v) is 9.30. The number of hydrogen-bond acceptors (Lipinski definition) is 3. The van der Waals surface area contributed by atoms with E-state index in [1.807, 2.05) is 67.6 Å². The third-order valence-corrected chi connectivity index (χ3v) is 4.79. The summed E-state index contributed by atoms with van der Waals surface area (Å²) in [5, 5.41) is 3.90. The number of carbonyl (C=O) groups excluding carboxylic acids is 1. The van der Waals surface area contributed by atoms with Crippen LogP contribution in [0.3, 0.4) is 0 Å². The van der Waals surface area contributed by atoms with Gasteiger partial charge in [-0.1, -0.05) is 54.1 Å². The molecule has 4 heteroatoms. The van der Waals surface area contributed by atoms with Gasteiger partial charge in [0.05, 0.1) is 28.5 Å². The molecule has 0 spiro atoms. The fraction of sp³-hybridized carbons (Fsp3) is 0.125. The average Bonchev–Trinajstić information content (AvgIpc) is 2.74. The van der Waals surface area contributed by atoms with Crippen molar-refractivity contribution in [2.24, 2.45) is 0 Å². The maximum Gasteiger partial charge on any atom is 0.252 e. The van der Waals surface area contributed by atoms with Gasteiger partial charge >= 0.3 is 0 Å². The van der Waals surface area contributed by atoms with Gasteiger partial charge in [0, 0.05) is 17.1 Å². The fourth-order valence-corrected chi connectivity index (χ4v) is 3.22. The highest BCUT2D eigenvalue weighted by Crippen LogP contribution is 2.25. The zero-order chi connectivity index (χ0) is 19.5. The van der Waals surface area contributed by atoms with Crippen molar-refractivity contribution in [2.45, 2.75) is 19.9 Å². The van der Waals surface area contributed by atoms with E-state index in [1.165, 1.54) is 5.56 Å². The molecule has 0 saturated heterocycles. The summed E-state index contributed by atoms with van der Waals surface area (Å²) < 4.78 is 0. The second kappa shape index (κ2) is 7.61. The van der Waals surface area contributed by atoms with Crippen molar-refractivity contribution < 1.29 is 4.79 Å². The van der Waals surface area contributed by atoms with Crippen LogP contribution in [0.4, 0.5) is 0 Å². The van der Waals surface area contributed by atoms with E-state index in [2.05, 4.69) is 29.4 Å². The maximum atomic E-state index is 13.1. The molecule has 1 amide bonds. The summed E-state index contributed by atoms with van der Waals surface area (Å²) in [5.74, 6) is -0.134. The maximum absolute atomic E-state index is 13.1. The quantitative estimate of drug-likeness (QED) is 0.546. The number of nitrogens with one attached hydrogen (secondary N) is 1. The Morgan fingerprint density at radius 2 is 1.71 bits per heavy atom. The predicted molar refractivity (Wildman–Crippen MR) is 112 cm³/mol. The SMILES string of the molecule is Cc1ccc(-c2cc(C(=O)NC(C)c3ccccn3)c3ccccc3n2)cc1. The number of fused-ring (bicyclic) bond motifs is 1. The van der Waals surface area contributed by atoms with Crippen LogP contribution in [-0.4, -0.2) is 15.9 Å². The molecule has 4 aromatic rings. The largest absolute Gasteiger partial charge is 0.344 e. The lowest BCUT2D eigenvalue weighted by atomic mass is 10.0. The van der Waals surface area contributed by atoms with Crippen LogP contribution in [0.15, 0.2) is 79.0 Å². The van der Waals surface area contributed by atoms with Crippen LogP contribution in [0.5, 0.6) is 0 Å². The number of rotatable bonds is 4. The molecule has 4 rings (SSSR count). The first-order valence-electron chi connectivity index (χ1n) is 9.30. The zero-order valence-electron chi connectivity index (χ0n) is 15.9. The summed E-state index contributed by atoms with van der Waals surface area (Å²) >= 11 is 0. The number of aryl methyl sites for hydroxylation is 1. The van der Waals surface area contributed by atoms with Crippen molar-refractivity contribution in [3.8, 4) is 11.3 Å². The van der Waals surface area contributed by atoms with Crippen LogP contribution < -0.4 is 5.32 Å². The molecular formula is C24H21N3O. The molecule has 4 nitrogen and oxygen atoms in total. The van der Waals surface area contributed by atoms with E-state index in [4.69, 9.17) is 4.98 Å². The highest BCUT2D eigenvalue weighted by molar-refractivity contribution is 6.07. The highest BCUT2D eigenvalue weighted by atomic mass is 16.1. The van der Waals surface area contributed by atoms with Crippen LogP contribution in [0.25, 0.3) is 22.2 Å². The van der Waals surface area contributed by atoms with Crippen LogP contribution in [0.2, 0.25) is 0 Å². The lowest BCUT2D eigenvalue weighted by Crippen LogP contribution is -2.27. The Kier molecular flexibility index (Phi) is 4.85. The second-order valence-electron chi connectivity index (χ2n) is 6.89. The topological polar surface area (TPSA) is 54.9 Å². The van der Waals surface area contributed by atoms with E-state index in [0.29, 0.717) is 5.56 Å². The minimum absolute atomic E-state index is 0.134. The Bertz CT molecular complexity index is 1120. The third-order valence-electron chi connectivity index (χ3n) is 4.79. The summed E-state index contributed by atoms with van der Waals surface area (Å²) in [7, 11) is 0. The number of hydrogen-bond donors (Lipinski definition) is 1. The van der Waals surface area contributed by atoms with Gasteiger partial charge in [0.1, 0.15) is 0 Å². The number of amides is 1. The van der Waals surface area contributed by atoms with Crippen molar-refractivity contribution in [1.82, 2.24) is 15.3 Å². The smallest absolute Gasteiger partial charge is 0.252 e. The summed E-state index contributed by atoms with van der Waals surface area (Å²) in [5.41, 5.74) is 5.21. The van der Waals surface area contributed by atoms with Gasteiger partial charge in [0.25, 0.3) is 5.91 Å². The van der Waals surface area contributed by atoms with E-state index >= 15 is 0 Å². The number of aromatic nitrogens is 2. The highest BCUT2D eigenvalue weighted by Gasteiger charge is 2.17. The van der Waals surface area contributed by atoms with Crippen LogP contribution >= 0.6 is 0 Å². The number of nitrogens with zero attached hydrogens (tertiary/aromatic N) is 2. The summed E-state index contributed by atoms with van der Waals surface area (Å²) in [6.45, 7) is 3.99. The molecule has 1 N–H and O–H groups in total. The molecule has 28 heavy (non-hydrogen) atoms. The van der Waals surface area contributed by atoms with Gasteiger partial charge in [0.2, 0.25) is 0 Å². The Morgan fingerprint density at radius 3 is 2.46 bits per heavy atom. The summed E-state index contributed by atoms with van der Waals surface area (Å²) in [6, 6.07) is 23.3. The number of benzene rings is 2. The van der Waals surface area contributed by atoms with Crippen molar-refractivity contribution in [3.05, 3.63) is 95.8 Å². The van der Waals surface area contributed by atoms with E-state index in [9.17, 15) is 4.79 Å². The lowest BCUT2D eigenvalue weighted by molar-refractivity contribution is 0.0941. The predicted octanol–water partition coefficient (Wildman–Crippen LogP) is 5.10. The molecule has 0 aliphatic rings. The third kappa shape index (κ3) is 3.62. The van der Waals surface area contributed by atoms with Crippen LogP contribution in [-0.2, 0) is 0 Å². The second-order valence-corrected chi connectivity index (χ2v) is 6.89. The van der Waals surface area contributed by atoms with Gasteiger partial charge in [-0.25, -0.2) is 4.98 Å². The van der Waals surface area contributed by atoms with E-state index in [0.717, 1.165) is 27.9 Å². The van der Waals surface area contributed by atoms with Gasteiger partial charge in [-0.05, 0) is 38.1 Å². The molecule has 1 atom stereocenters. The Morgan fingerprint density at radius 1 is 0.964 bits per heavy atom. The first kappa shape index (κ1) is 17.9. The Balaban J connectivity index is 1.74. The van der Waals surface area contributed by atoms with Crippen molar-refractivity contribution >= 4 is 16.8 Å². The van der Waals surface area contributed by atoms with E-state index in [-0.39, 0.29) is 11.9 Å². The number of carbonyl (C=O) groups is 1. The molecule has 2 heterocycles. The van der Waals surface area contributed by atoms with Gasteiger partial charge in [-0.3, -0.25) is 9.78 Å². The van der Waals surface area contributed by atoms with Crippen molar-refractivity contribution in [1.29, 1.82) is 0 Å². The number of pyridine rings is 2. The zero-order valence-corrected chi connectivity index (χ0v) is 15.9. The van der Waals surface area contributed by atoms with E-state index in [1.54, 1.807) is 6.20 Å². The molecule has 0 aliphatic carbocycles. The molecule has 0 bridgehead atoms. The molecule has 0 fully saturated rings. The molecule has 1 unspecified atom stereocenters. The molecule has 0 radical (unpaired) electrons. The molecule has 2 aromatic heterocycles. The average molecular weight is 367 g/mol. The minimum Gasteiger partial charge on any atom is -0.344 e. The first-order chi connectivity index (χ1) is 13.6. The lowest BCUT2D eigenvalue weighted by Gasteiger charge is -2.15. The Hall–Kier alpha value is -3.53. The number of para-hydroxylation sites is 1. The monoisotopic (exact) mass is 367 g/mol. The molecular weight excluding hydrogens is 346 g/mol.